The number of hydrogen-bond acceptors (Lipinski definition) is 3. The van der Waals surface area contributed by atoms with Crippen LogP contribution >= 0.6 is 0 Å². The van der Waals surface area contributed by atoms with Gasteiger partial charge in [-0.15, -0.1) is 0 Å². The van der Waals surface area contributed by atoms with E-state index >= 15 is 0 Å². The average molecular weight is 218 g/mol. The maximum absolute atomic E-state index is 8.98. The highest BCUT2D eigenvalue weighted by molar-refractivity contribution is 6.06. The average Bonchev–Trinajstić information content (AvgIpc) is 2.29. The molecule has 0 spiro atoms. The van der Waals surface area contributed by atoms with E-state index in [4.69, 9.17) is 5.21 Å². The van der Waals surface area contributed by atoms with Crippen molar-refractivity contribution >= 4 is 11.4 Å². The molecule has 3 nitrogen and oxygen atoms in total. The Labute approximate surface area is 96.4 Å². The van der Waals surface area contributed by atoms with Crippen molar-refractivity contribution in [2.24, 2.45) is 11.1 Å². The van der Waals surface area contributed by atoms with Gasteiger partial charge in [-0.05, 0) is 12.0 Å². The Bertz CT molecular complexity index is 399. The molecule has 0 aliphatic carbocycles. The highest BCUT2D eigenvalue weighted by atomic mass is 16.4. The van der Waals surface area contributed by atoms with E-state index in [2.05, 4.69) is 30.0 Å². The second-order valence-electron chi connectivity index (χ2n) is 4.65. The van der Waals surface area contributed by atoms with Crippen molar-refractivity contribution < 1.29 is 5.21 Å². The third-order valence-corrected chi connectivity index (χ3v) is 2.88. The lowest BCUT2D eigenvalue weighted by Gasteiger charge is -2.32. The van der Waals surface area contributed by atoms with E-state index in [1.807, 2.05) is 18.2 Å². The van der Waals surface area contributed by atoms with E-state index < -0.39 is 0 Å². The highest BCUT2D eigenvalue weighted by Gasteiger charge is 2.21. The van der Waals surface area contributed by atoms with Gasteiger partial charge in [0, 0.05) is 30.8 Å². The summed E-state index contributed by atoms with van der Waals surface area (Å²) in [5.74, 6) is 0.640. The summed E-state index contributed by atoms with van der Waals surface area (Å²) in [6.07, 6.45) is 0.820. The fraction of sp³-hybridized carbons (Fsp3) is 0.462. The zero-order valence-corrected chi connectivity index (χ0v) is 9.85. The summed E-state index contributed by atoms with van der Waals surface area (Å²) in [7, 11) is 0. The molecule has 0 aromatic heterocycles. The molecule has 1 N–H and O–H groups in total. The Morgan fingerprint density at radius 1 is 1.38 bits per heavy atom. The number of rotatable bonds is 2. The van der Waals surface area contributed by atoms with Crippen LogP contribution in [0.5, 0.6) is 0 Å². The summed E-state index contributed by atoms with van der Waals surface area (Å²) in [5, 5.41) is 12.4. The number of hydrogen-bond donors (Lipinski definition) is 1. The minimum absolute atomic E-state index is 0.640. The van der Waals surface area contributed by atoms with Crippen LogP contribution in [-0.4, -0.2) is 24.0 Å². The molecule has 0 amide bonds. The van der Waals surface area contributed by atoms with E-state index in [-0.39, 0.29) is 0 Å². The molecule has 1 heterocycles. The first-order valence-electron chi connectivity index (χ1n) is 5.77. The van der Waals surface area contributed by atoms with Crippen molar-refractivity contribution in [1.29, 1.82) is 0 Å². The first kappa shape index (κ1) is 11.0. The second-order valence-corrected chi connectivity index (χ2v) is 4.65. The third-order valence-electron chi connectivity index (χ3n) is 2.88. The summed E-state index contributed by atoms with van der Waals surface area (Å²) in [6.45, 7) is 6.43. The molecule has 3 heteroatoms. The third kappa shape index (κ3) is 2.03. The highest BCUT2D eigenvalue weighted by Crippen LogP contribution is 2.27. The quantitative estimate of drug-likeness (QED) is 0.612. The summed E-state index contributed by atoms with van der Waals surface area (Å²) >= 11 is 0. The molecule has 0 saturated heterocycles. The number of anilines is 1. The summed E-state index contributed by atoms with van der Waals surface area (Å²) in [6, 6.07) is 8.15. The van der Waals surface area contributed by atoms with Crippen LogP contribution in [0.1, 0.15) is 25.8 Å². The van der Waals surface area contributed by atoms with Crippen LogP contribution in [0.25, 0.3) is 0 Å². The van der Waals surface area contributed by atoms with Crippen LogP contribution in [0.2, 0.25) is 0 Å². The molecule has 86 valence electrons. The predicted molar refractivity (Wildman–Crippen MR) is 66.4 cm³/mol. The van der Waals surface area contributed by atoms with Gasteiger partial charge in [-0.1, -0.05) is 37.2 Å². The monoisotopic (exact) mass is 218 g/mol. The van der Waals surface area contributed by atoms with Crippen LogP contribution in [0.15, 0.2) is 29.4 Å². The van der Waals surface area contributed by atoms with Crippen LogP contribution < -0.4 is 4.90 Å². The lowest BCUT2D eigenvalue weighted by atomic mass is 9.99. The molecule has 0 atom stereocenters. The molecule has 0 bridgehead atoms. The minimum Gasteiger partial charge on any atom is -0.411 e. The molecule has 0 fully saturated rings. The van der Waals surface area contributed by atoms with Crippen molar-refractivity contribution in [3.8, 4) is 0 Å². The first-order valence-corrected chi connectivity index (χ1v) is 5.77. The molecular weight excluding hydrogens is 200 g/mol. The van der Waals surface area contributed by atoms with Gasteiger partial charge in [0.1, 0.15) is 0 Å². The second kappa shape index (κ2) is 4.56. The van der Waals surface area contributed by atoms with Gasteiger partial charge < -0.3 is 10.1 Å². The van der Waals surface area contributed by atoms with Crippen molar-refractivity contribution in [1.82, 2.24) is 0 Å². The Morgan fingerprint density at radius 2 is 2.12 bits per heavy atom. The molecule has 0 unspecified atom stereocenters. The molecule has 1 aromatic rings. The molecule has 1 aliphatic heterocycles. The maximum atomic E-state index is 8.98. The zero-order chi connectivity index (χ0) is 11.5. The number of benzene rings is 1. The van der Waals surface area contributed by atoms with Gasteiger partial charge in [-0.3, -0.25) is 0 Å². The molecule has 16 heavy (non-hydrogen) atoms. The van der Waals surface area contributed by atoms with Crippen molar-refractivity contribution in [3.05, 3.63) is 29.8 Å². The van der Waals surface area contributed by atoms with E-state index in [1.165, 1.54) is 5.69 Å². The lowest BCUT2D eigenvalue weighted by Crippen LogP contribution is -2.35. The fourth-order valence-corrected chi connectivity index (χ4v) is 2.22. The van der Waals surface area contributed by atoms with Crippen molar-refractivity contribution in [3.63, 3.8) is 0 Å². The van der Waals surface area contributed by atoms with Gasteiger partial charge in [0.05, 0.1) is 5.71 Å². The summed E-state index contributed by atoms with van der Waals surface area (Å²) < 4.78 is 0. The lowest BCUT2D eigenvalue weighted by molar-refractivity contribution is 0.317. The van der Waals surface area contributed by atoms with Gasteiger partial charge in [0.15, 0.2) is 0 Å². The SMILES string of the molecule is CC(C)CN1CCC(=NO)c2ccccc21. The Balaban J connectivity index is 2.35. The standard InChI is InChI=1S/C13H18N2O/c1-10(2)9-15-8-7-12(14-16)11-5-3-4-6-13(11)15/h3-6,10,16H,7-9H2,1-2H3. The topological polar surface area (TPSA) is 35.8 Å². The van der Waals surface area contributed by atoms with E-state index in [0.29, 0.717) is 5.92 Å². The Morgan fingerprint density at radius 3 is 2.81 bits per heavy atom. The van der Waals surface area contributed by atoms with Crippen LogP contribution in [0.4, 0.5) is 5.69 Å². The smallest absolute Gasteiger partial charge is 0.0906 e. The van der Waals surface area contributed by atoms with Crippen LogP contribution in [-0.2, 0) is 0 Å². The van der Waals surface area contributed by atoms with Crippen LogP contribution in [0.3, 0.4) is 0 Å². The maximum Gasteiger partial charge on any atom is 0.0906 e. The van der Waals surface area contributed by atoms with E-state index in [9.17, 15) is 0 Å². The van der Waals surface area contributed by atoms with Crippen LogP contribution in [0, 0.1) is 5.92 Å². The molecular formula is C13H18N2O. The minimum atomic E-state index is 0.640. The zero-order valence-electron chi connectivity index (χ0n) is 9.85. The summed E-state index contributed by atoms with van der Waals surface area (Å²) in [5.41, 5.74) is 3.06. The number of oxime groups is 1. The number of fused-ring (bicyclic) bond motifs is 1. The first-order chi connectivity index (χ1) is 7.72. The van der Waals surface area contributed by atoms with Gasteiger partial charge in [0.2, 0.25) is 0 Å². The summed E-state index contributed by atoms with van der Waals surface area (Å²) in [4.78, 5) is 2.37. The number of nitrogens with zero attached hydrogens (tertiary/aromatic N) is 2. The van der Waals surface area contributed by atoms with Gasteiger partial charge in [0.25, 0.3) is 0 Å². The van der Waals surface area contributed by atoms with Gasteiger partial charge in [-0.25, -0.2) is 0 Å². The van der Waals surface area contributed by atoms with E-state index in [0.717, 1.165) is 30.8 Å². The van der Waals surface area contributed by atoms with Gasteiger partial charge in [-0.2, -0.15) is 0 Å². The Kier molecular flexibility index (Phi) is 3.13. The molecule has 1 aromatic carbocycles. The molecule has 1 aliphatic rings. The molecule has 2 rings (SSSR count). The van der Waals surface area contributed by atoms with Crippen molar-refractivity contribution in [2.75, 3.05) is 18.0 Å². The number of para-hydroxylation sites is 1. The Hall–Kier alpha value is -1.51. The predicted octanol–water partition coefficient (Wildman–Crippen LogP) is 2.73. The largest absolute Gasteiger partial charge is 0.411 e. The van der Waals surface area contributed by atoms with E-state index in [1.54, 1.807) is 0 Å². The normalized spacial score (nSPS) is 17.9. The fourth-order valence-electron chi connectivity index (χ4n) is 2.22. The van der Waals surface area contributed by atoms with Crippen molar-refractivity contribution in [2.45, 2.75) is 20.3 Å². The van der Waals surface area contributed by atoms with Gasteiger partial charge >= 0.3 is 0 Å². The molecule has 0 radical (unpaired) electrons. The molecule has 0 saturated carbocycles.